The lowest BCUT2D eigenvalue weighted by Crippen LogP contribution is -2.48. The zero-order chi connectivity index (χ0) is 19.1. The first-order chi connectivity index (χ1) is 13.2. The summed E-state index contributed by atoms with van der Waals surface area (Å²) in [5, 5.41) is 7.07. The van der Waals surface area contributed by atoms with E-state index in [0.717, 1.165) is 36.8 Å². The molecule has 2 N–H and O–H groups in total. The van der Waals surface area contributed by atoms with Gasteiger partial charge in [0.1, 0.15) is 5.82 Å². The van der Waals surface area contributed by atoms with Crippen molar-refractivity contribution in [1.29, 1.82) is 0 Å². The molecule has 1 aliphatic heterocycles. The van der Waals surface area contributed by atoms with Gasteiger partial charge in [-0.2, -0.15) is 0 Å². The number of hydrogen-bond donors (Lipinski definition) is 2. The van der Waals surface area contributed by atoms with Crippen molar-refractivity contribution < 1.29 is 0 Å². The number of likely N-dealkylation sites (tertiary alicyclic amines) is 1. The van der Waals surface area contributed by atoms with Crippen molar-refractivity contribution in [3.63, 3.8) is 0 Å². The predicted molar refractivity (Wildman–Crippen MR) is 129 cm³/mol. The highest BCUT2D eigenvalue weighted by Gasteiger charge is 2.19. The zero-order valence-electron chi connectivity index (χ0n) is 17.4. The minimum atomic E-state index is 0. The molecule has 156 valence electrons. The SMILES string of the molecule is CCCN1CCC(NC(=NC)NCCCn2c(C)nc3ccccc32)CC1.I. The lowest BCUT2D eigenvalue weighted by molar-refractivity contribution is 0.206. The average molecular weight is 498 g/mol. The van der Waals surface area contributed by atoms with Gasteiger partial charge in [0.05, 0.1) is 11.0 Å². The molecule has 0 unspecified atom stereocenters. The Labute approximate surface area is 186 Å². The summed E-state index contributed by atoms with van der Waals surface area (Å²) < 4.78 is 2.30. The third kappa shape index (κ3) is 6.07. The van der Waals surface area contributed by atoms with E-state index < -0.39 is 0 Å². The van der Waals surface area contributed by atoms with E-state index >= 15 is 0 Å². The first-order valence-corrected chi connectivity index (χ1v) is 10.3. The lowest BCUT2D eigenvalue weighted by Gasteiger charge is -2.32. The molecule has 1 fully saturated rings. The number of guanidine groups is 1. The fourth-order valence-corrected chi connectivity index (χ4v) is 3.93. The van der Waals surface area contributed by atoms with Gasteiger partial charge in [-0.1, -0.05) is 19.1 Å². The molecule has 0 spiro atoms. The Balaban J connectivity index is 0.00000280. The minimum Gasteiger partial charge on any atom is -0.356 e. The van der Waals surface area contributed by atoms with E-state index in [4.69, 9.17) is 0 Å². The number of aromatic nitrogens is 2. The Morgan fingerprint density at radius 2 is 1.96 bits per heavy atom. The first kappa shape index (κ1) is 22.9. The van der Waals surface area contributed by atoms with Gasteiger partial charge in [0.2, 0.25) is 0 Å². The molecule has 1 saturated heterocycles. The molecule has 1 aromatic heterocycles. The monoisotopic (exact) mass is 498 g/mol. The average Bonchev–Trinajstić information content (AvgIpc) is 3.01. The summed E-state index contributed by atoms with van der Waals surface area (Å²) in [6.07, 6.45) is 4.67. The van der Waals surface area contributed by atoms with Gasteiger partial charge in [-0.3, -0.25) is 4.99 Å². The minimum absolute atomic E-state index is 0. The summed E-state index contributed by atoms with van der Waals surface area (Å²) in [6.45, 7) is 9.81. The topological polar surface area (TPSA) is 57.5 Å². The fraction of sp³-hybridized carbons (Fsp3) is 0.619. The van der Waals surface area contributed by atoms with Crippen molar-refractivity contribution in [2.75, 3.05) is 33.2 Å². The third-order valence-corrected chi connectivity index (χ3v) is 5.39. The summed E-state index contributed by atoms with van der Waals surface area (Å²) in [6, 6.07) is 8.88. The van der Waals surface area contributed by atoms with Gasteiger partial charge in [0, 0.05) is 39.3 Å². The second kappa shape index (κ2) is 11.6. The van der Waals surface area contributed by atoms with Crippen molar-refractivity contribution in [2.45, 2.75) is 52.1 Å². The molecule has 3 rings (SSSR count). The lowest BCUT2D eigenvalue weighted by atomic mass is 10.1. The summed E-state index contributed by atoms with van der Waals surface area (Å²) in [5.74, 6) is 2.01. The molecule has 0 bridgehead atoms. The van der Waals surface area contributed by atoms with Crippen LogP contribution in [0, 0.1) is 6.92 Å². The number of imidazole rings is 1. The van der Waals surface area contributed by atoms with Crippen LogP contribution >= 0.6 is 24.0 Å². The molecule has 1 aliphatic rings. The Kier molecular flexibility index (Phi) is 9.50. The van der Waals surface area contributed by atoms with Crippen molar-refractivity contribution >= 4 is 41.0 Å². The van der Waals surface area contributed by atoms with Crippen LogP contribution in [0.25, 0.3) is 11.0 Å². The maximum absolute atomic E-state index is 4.64. The molecule has 0 amide bonds. The molecule has 0 aliphatic carbocycles. The number of nitrogens with one attached hydrogen (secondary N) is 2. The second-order valence-electron chi connectivity index (χ2n) is 7.41. The number of fused-ring (bicyclic) bond motifs is 1. The Morgan fingerprint density at radius 3 is 2.68 bits per heavy atom. The van der Waals surface area contributed by atoms with Crippen LogP contribution in [0.2, 0.25) is 0 Å². The number of para-hydroxylation sites is 2. The number of rotatable bonds is 7. The number of aliphatic imine (C=N–C) groups is 1. The predicted octanol–water partition coefficient (Wildman–Crippen LogP) is 3.39. The number of nitrogens with zero attached hydrogens (tertiary/aromatic N) is 4. The van der Waals surface area contributed by atoms with E-state index in [1.54, 1.807) is 0 Å². The molecular weight excluding hydrogens is 463 g/mol. The summed E-state index contributed by atoms with van der Waals surface area (Å²) >= 11 is 0. The molecule has 0 saturated carbocycles. The Morgan fingerprint density at radius 1 is 1.21 bits per heavy atom. The second-order valence-corrected chi connectivity index (χ2v) is 7.41. The Hall–Kier alpha value is -1.35. The van der Waals surface area contributed by atoms with Crippen LogP contribution in [0.4, 0.5) is 0 Å². The van der Waals surface area contributed by atoms with Crippen LogP contribution in [0.1, 0.15) is 38.4 Å². The van der Waals surface area contributed by atoms with E-state index in [2.05, 4.69) is 62.1 Å². The molecular formula is C21H35IN6. The van der Waals surface area contributed by atoms with Gasteiger partial charge in [-0.25, -0.2) is 4.98 Å². The third-order valence-electron chi connectivity index (χ3n) is 5.39. The quantitative estimate of drug-likeness (QED) is 0.266. The molecule has 7 heteroatoms. The number of halogens is 1. The van der Waals surface area contributed by atoms with Crippen molar-refractivity contribution in [3.8, 4) is 0 Å². The molecule has 0 radical (unpaired) electrons. The highest BCUT2D eigenvalue weighted by atomic mass is 127. The highest BCUT2D eigenvalue weighted by Crippen LogP contribution is 2.15. The van der Waals surface area contributed by atoms with Gasteiger partial charge in [0.15, 0.2) is 5.96 Å². The van der Waals surface area contributed by atoms with E-state index in [0.29, 0.717) is 6.04 Å². The van der Waals surface area contributed by atoms with Crippen molar-refractivity contribution in [1.82, 2.24) is 25.1 Å². The van der Waals surface area contributed by atoms with Crippen LogP contribution < -0.4 is 10.6 Å². The normalized spacial score (nSPS) is 16.2. The van der Waals surface area contributed by atoms with E-state index in [-0.39, 0.29) is 24.0 Å². The van der Waals surface area contributed by atoms with Crippen LogP contribution in [0.15, 0.2) is 29.3 Å². The fourth-order valence-electron chi connectivity index (χ4n) is 3.93. The summed E-state index contributed by atoms with van der Waals surface area (Å²) in [4.78, 5) is 11.6. The van der Waals surface area contributed by atoms with Gasteiger partial charge in [-0.15, -0.1) is 24.0 Å². The van der Waals surface area contributed by atoms with Crippen molar-refractivity contribution in [2.24, 2.45) is 4.99 Å². The first-order valence-electron chi connectivity index (χ1n) is 10.3. The molecule has 1 aromatic carbocycles. The van der Waals surface area contributed by atoms with E-state index in [1.165, 1.54) is 44.4 Å². The van der Waals surface area contributed by atoms with Crippen LogP contribution in [-0.4, -0.2) is 59.7 Å². The van der Waals surface area contributed by atoms with Gasteiger partial charge in [-0.05, 0) is 51.3 Å². The molecule has 2 heterocycles. The molecule has 6 nitrogen and oxygen atoms in total. The number of piperidine rings is 1. The summed E-state index contributed by atoms with van der Waals surface area (Å²) in [5.41, 5.74) is 2.30. The standard InChI is InChI=1S/C21H34N6.HI/c1-4-13-26-15-10-18(11-16-26)25-21(22-3)23-12-7-14-27-17(2)24-19-8-5-6-9-20(19)27;/h5-6,8-9,18H,4,7,10-16H2,1-3H3,(H2,22,23,25);1H. The smallest absolute Gasteiger partial charge is 0.191 e. The maximum atomic E-state index is 4.64. The van der Waals surface area contributed by atoms with Crippen LogP contribution in [-0.2, 0) is 6.54 Å². The number of hydrogen-bond acceptors (Lipinski definition) is 3. The van der Waals surface area contributed by atoms with E-state index in [1.807, 2.05) is 13.1 Å². The molecule has 2 aromatic rings. The van der Waals surface area contributed by atoms with E-state index in [9.17, 15) is 0 Å². The van der Waals surface area contributed by atoms with Gasteiger partial charge in [0.25, 0.3) is 0 Å². The van der Waals surface area contributed by atoms with Crippen LogP contribution in [0.3, 0.4) is 0 Å². The highest BCUT2D eigenvalue weighted by molar-refractivity contribution is 14.0. The van der Waals surface area contributed by atoms with Crippen molar-refractivity contribution in [3.05, 3.63) is 30.1 Å². The summed E-state index contributed by atoms with van der Waals surface area (Å²) in [7, 11) is 1.86. The zero-order valence-corrected chi connectivity index (χ0v) is 19.8. The van der Waals surface area contributed by atoms with Crippen LogP contribution in [0.5, 0.6) is 0 Å². The molecule has 28 heavy (non-hydrogen) atoms. The number of benzene rings is 1. The molecule has 0 atom stereocenters. The largest absolute Gasteiger partial charge is 0.356 e. The Bertz CT molecular complexity index is 748. The maximum Gasteiger partial charge on any atom is 0.191 e. The van der Waals surface area contributed by atoms with Gasteiger partial charge < -0.3 is 20.1 Å². The van der Waals surface area contributed by atoms with Gasteiger partial charge >= 0.3 is 0 Å². The number of aryl methyl sites for hydroxylation is 2.